The average Bonchev–Trinajstić information content (AvgIpc) is 3.40. The molecule has 7 nitrogen and oxygen atoms in total. The third kappa shape index (κ3) is 5.90. The summed E-state index contributed by atoms with van der Waals surface area (Å²) >= 11 is 1.48. The Hall–Kier alpha value is -3.14. The van der Waals surface area contributed by atoms with Gasteiger partial charge in [0.1, 0.15) is 0 Å². The van der Waals surface area contributed by atoms with Gasteiger partial charge >= 0.3 is 0 Å². The molecule has 0 saturated heterocycles. The molecule has 1 saturated carbocycles. The molecule has 1 fully saturated rings. The number of hydrogen-bond donors (Lipinski definition) is 0. The van der Waals surface area contributed by atoms with Crippen molar-refractivity contribution in [3.05, 3.63) is 83.7 Å². The number of nitrogens with zero attached hydrogens (tertiary/aromatic N) is 4. The second kappa shape index (κ2) is 11.9. The van der Waals surface area contributed by atoms with E-state index in [0.29, 0.717) is 23.8 Å². The number of thiazole rings is 1. The van der Waals surface area contributed by atoms with Gasteiger partial charge in [0.05, 0.1) is 21.7 Å². The Kier molecular flexibility index (Phi) is 8.40. The molecule has 0 spiro atoms. The van der Waals surface area contributed by atoms with Crippen molar-refractivity contribution in [2.24, 2.45) is 0 Å². The van der Waals surface area contributed by atoms with E-state index in [2.05, 4.69) is 24.0 Å². The van der Waals surface area contributed by atoms with Gasteiger partial charge in [-0.25, -0.2) is 13.4 Å². The van der Waals surface area contributed by atoms with Crippen molar-refractivity contribution in [2.75, 3.05) is 11.4 Å². The summed E-state index contributed by atoms with van der Waals surface area (Å²) in [6.45, 7) is 4.77. The number of rotatable bonds is 9. The number of anilines is 1. The van der Waals surface area contributed by atoms with Crippen LogP contribution in [0.2, 0.25) is 0 Å². The van der Waals surface area contributed by atoms with Gasteiger partial charge in [0.25, 0.3) is 5.91 Å². The number of sulfonamides is 1. The zero-order valence-electron chi connectivity index (χ0n) is 22.4. The summed E-state index contributed by atoms with van der Waals surface area (Å²) < 4.78 is 29.7. The molecule has 2 aromatic carbocycles. The second-order valence-electron chi connectivity index (χ2n) is 9.92. The molecule has 5 rings (SSSR count). The first-order chi connectivity index (χ1) is 18.9. The topological polar surface area (TPSA) is 83.5 Å². The normalized spacial score (nSPS) is 14.6. The van der Waals surface area contributed by atoms with Gasteiger partial charge in [0, 0.05) is 30.5 Å². The highest BCUT2D eigenvalue weighted by molar-refractivity contribution is 7.89. The maximum absolute atomic E-state index is 13.9. The van der Waals surface area contributed by atoms with Crippen LogP contribution in [0.4, 0.5) is 5.13 Å². The van der Waals surface area contributed by atoms with Crippen LogP contribution in [0, 0.1) is 0 Å². The quantitative estimate of drug-likeness (QED) is 0.234. The number of benzene rings is 2. The Morgan fingerprint density at radius 1 is 0.949 bits per heavy atom. The monoisotopic (exact) mass is 562 g/mol. The molecule has 1 aliphatic rings. The van der Waals surface area contributed by atoms with Crippen LogP contribution in [0.25, 0.3) is 10.2 Å². The van der Waals surface area contributed by atoms with E-state index in [4.69, 9.17) is 4.98 Å². The van der Waals surface area contributed by atoms with Crippen LogP contribution < -0.4 is 4.90 Å². The van der Waals surface area contributed by atoms with Crippen molar-refractivity contribution in [3.63, 3.8) is 0 Å². The minimum Gasteiger partial charge on any atom is -0.279 e. The molecule has 0 atom stereocenters. The minimum absolute atomic E-state index is 0.0400. The van der Waals surface area contributed by atoms with E-state index < -0.39 is 10.0 Å². The van der Waals surface area contributed by atoms with E-state index in [1.54, 1.807) is 45.9 Å². The van der Waals surface area contributed by atoms with E-state index in [9.17, 15) is 13.2 Å². The molecule has 204 valence electrons. The number of carbonyl (C=O) groups excluding carboxylic acids is 1. The lowest BCUT2D eigenvalue weighted by Gasteiger charge is -2.32. The lowest BCUT2D eigenvalue weighted by molar-refractivity contribution is 0.0985. The number of carbonyl (C=O) groups is 1. The summed E-state index contributed by atoms with van der Waals surface area (Å²) in [7, 11) is -3.65. The molecule has 1 amide bonds. The third-order valence-corrected chi connectivity index (χ3v) is 10.5. The standard InChI is InChI=1S/C30H34N4O3S2/c1-3-22-10-15-27-28(20-22)38-30(32-27)33(21-23-16-18-31-19-17-23)29(35)24-11-13-26(14-12-24)39(36,37)34(4-2)25-8-6-5-7-9-25/h10-20,25H,3-9,21H2,1-2H3. The fourth-order valence-corrected chi connectivity index (χ4v) is 7.96. The smallest absolute Gasteiger partial charge is 0.260 e. The Morgan fingerprint density at radius 2 is 1.67 bits per heavy atom. The summed E-state index contributed by atoms with van der Waals surface area (Å²) in [6.07, 6.45) is 9.41. The van der Waals surface area contributed by atoms with Crippen LogP contribution in [-0.4, -0.2) is 41.2 Å². The van der Waals surface area contributed by atoms with Gasteiger partial charge in [-0.3, -0.25) is 14.7 Å². The molecule has 0 bridgehead atoms. The number of hydrogen-bond acceptors (Lipinski definition) is 6. The molecule has 0 aliphatic heterocycles. The van der Waals surface area contributed by atoms with E-state index in [1.165, 1.54) is 16.9 Å². The molecule has 0 unspecified atom stereocenters. The van der Waals surface area contributed by atoms with Crippen molar-refractivity contribution in [1.82, 2.24) is 14.3 Å². The summed E-state index contributed by atoms with van der Waals surface area (Å²) in [5.41, 5.74) is 3.41. The maximum atomic E-state index is 13.9. The van der Waals surface area contributed by atoms with Gasteiger partial charge in [-0.1, -0.05) is 50.5 Å². The molecular formula is C30H34N4O3S2. The summed E-state index contributed by atoms with van der Waals surface area (Å²) in [6, 6.07) is 16.3. The first kappa shape index (κ1) is 27.4. The van der Waals surface area contributed by atoms with Gasteiger partial charge in [-0.15, -0.1) is 0 Å². The Morgan fingerprint density at radius 3 is 2.33 bits per heavy atom. The van der Waals surface area contributed by atoms with Gasteiger partial charge in [-0.05, 0) is 78.9 Å². The molecule has 2 aromatic heterocycles. The molecule has 0 radical (unpaired) electrons. The summed E-state index contributed by atoms with van der Waals surface area (Å²) in [5.74, 6) is -0.231. The maximum Gasteiger partial charge on any atom is 0.260 e. The number of amides is 1. The average molecular weight is 563 g/mol. The first-order valence-corrected chi connectivity index (χ1v) is 15.9. The number of aromatic nitrogens is 2. The molecular weight excluding hydrogens is 528 g/mol. The molecule has 2 heterocycles. The van der Waals surface area contributed by atoms with Crippen molar-refractivity contribution in [2.45, 2.75) is 69.9 Å². The molecule has 39 heavy (non-hydrogen) atoms. The van der Waals surface area contributed by atoms with Gasteiger partial charge in [-0.2, -0.15) is 4.31 Å². The lowest BCUT2D eigenvalue weighted by atomic mass is 9.95. The van der Waals surface area contributed by atoms with Gasteiger partial charge < -0.3 is 0 Å². The highest BCUT2D eigenvalue weighted by atomic mass is 32.2. The molecule has 4 aromatic rings. The summed E-state index contributed by atoms with van der Waals surface area (Å²) in [5, 5.41) is 0.603. The van der Waals surface area contributed by atoms with Crippen molar-refractivity contribution in [3.8, 4) is 0 Å². The van der Waals surface area contributed by atoms with Crippen molar-refractivity contribution < 1.29 is 13.2 Å². The van der Waals surface area contributed by atoms with Gasteiger partial charge in [0.2, 0.25) is 10.0 Å². The SMILES string of the molecule is CCc1ccc2nc(N(Cc3ccncc3)C(=O)c3ccc(S(=O)(=O)N(CC)C4CCCCC4)cc3)sc2c1. The Labute approximate surface area is 234 Å². The fraction of sp³-hybridized carbons (Fsp3) is 0.367. The number of pyridine rings is 1. The molecule has 1 aliphatic carbocycles. The Bertz CT molecular complexity index is 1530. The second-order valence-corrected chi connectivity index (χ2v) is 12.8. The van der Waals surface area contributed by atoms with Crippen LogP contribution in [0.15, 0.2) is 71.9 Å². The van der Waals surface area contributed by atoms with Crippen LogP contribution in [0.1, 0.15) is 67.4 Å². The van der Waals surface area contributed by atoms with E-state index in [-0.39, 0.29) is 16.8 Å². The number of aryl methyl sites for hydroxylation is 1. The predicted octanol–water partition coefficient (Wildman–Crippen LogP) is 6.44. The van der Waals surface area contributed by atoms with Crippen molar-refractivity contribution >= 4 is 42.6 Å². The third-order valence-electron chi connectivity index (χ3n) is 7.42. The zero-order chi connectivity index (χ0) is 27.4. The van der Waals surface area contributed by atoms with Crippen LogP contribution in [0.3, 0.4) is 0 Å². The first-order valence-electron chi connectivity index (χ1n) is 13.6. The Balaban J connectivity index is 1.45. The van der Waals surface area contributed by atoms with Crippen molar-refractivity contribution in [1.29, 1.82) is 0 Å². The van der Waals surface area contributed by atoms with E-state index in [0.717, 1.165) is 54.3 Å². The highest BCUT2D eigenvalue weighted by Crippen LogP contribution is 2.32. The summed E-state index contributed by atoms with van der Waals surface area (Å²) in [4.78, 5) is 24.6. The van der Waals surface area contributed by atoms with Crippen LogP contribution >= 0.6 is 11.3 Å². The van der Waals surface area contributed by atoms with Crippen LogP contribution in [-0.2, 0) is 23.0 Å². The van der Waals surface area contributed by atoms with Gasteiger partial charge in [0.15, 0.2) is 5.13 Å². The molecule has 0 N–H and O–H groups in total. The highest BCUT2D eigenvalue weighted by Gasteiger charge is 2.31. The van der Waals surface area contributed by atoms with E-state index in [1.807, 2.05) is 25.1 Å². The minimum atomic E-state index is -3.65. The molecule has 9 heteroatoms. The predicted molar refractivity (Wildman–Crippen MR) is 157 cm³/mol. The largest absolute Gasteiger partial charge is 0.279 e. The van der Waals surface area contributed by atoms with Crippen LogP contribution in [0.5, 0.6) is 0 Å². The van der Waals surface area contributed by atoms with E-state index >= 15 is 0 Å². The number of fused-ring (bicyclic) bond motifs is 1. The lowest BCUT2D eigenvalue weighted by Crippen LogP contribution is -2.41. The fourth-order valence-electron chi connectivity index (χ4n) is 5.24. The zero-order valence-corrected chi connectivity index (χ0v) is 24.0.